The zero-order valence-electron chi connectivity index (χ0n) is 10.4. The van der Waals surface area contributed by atoms with Crippen LogP contribution in [-0.2, 0) is 4.43 Å². The highest BCUT2D eigenvalue weighted by Crippen LogP contribution is 2.18. The molecule has 2 heteroatoms. The maximum atomic E-state index is 5.64. The van der Waals surface area contributed by atoms with E-state index in [0.717, 1.165) is 12.5 Å². The highest BCUT2D eigenvalue weighted by molar-refractivity contribution is 6.48. The predicted molar refractivity (Wildman–Crippen MR) is 66.0 cm³/mol. The van der Waals surface area contributed by atoms with Crippen LogP contribution in [0.4, 0.5) is 0 Å². The zero-order valence-corrected chi connectivity index (χ0v) is 11.4. The van der Waals surface area contributed by atoms with Gasteiger partial charge in [-0.05, 0) is 31.9 Å². The molecule has 0 aliphatic carbocycles. The first-order chi connectivity index (χ1) is 6.70. The Hall–Kier alpha value is 0.177. The van der Waals surface area contributed by atoms with E-state index >= 15 is 0 Å². The van der Waals surface area contributed by atoms with Gasteiger partial charge in [0.05, 0.1) is 0 Å². The molecule has 0 bridgehead atoms. The van der Waals surface area contributed by atoms with Crippen LogP contribution in [0.1, 0.15) is 52.4 Å². The molecule has 0 amide bonds. The lowest BCUT2D eigenvalue weighted by molar-refractivity contribution is 0.290. The quantitative estimate of drug-likeness (QED) is 0.413. The molecule has 0 spiro atoms. The third kappa shape index (κ3) is 8.76. The van der Waals surface area contributed by atoms with E-state index in [2.05, 4.69) is 26.9 Å². The molecule has 14 heavy (non-hydrogen) atoms. The summed E-state index contributed by atoms with van der Waals surface area (Å²) in [6.07, 6.45) is 8.13. The second kappa shape index (κ2) is 9.72. The molecule has 0 saturated carbocycles. The molecule has 0 aliphatic rings. The molecule has 1 unspecified atom stereocenters. The van der Waals surface area contributed by atoms with Gasteiger partial charge in [-0.2, -0.15) is 0 Å². The first kappa shape index (κ1) is 14.2. The lowest BCUT2D eigenvalue weighted by Crippen LogP contribution is -2.10. The summed E-state index contributed by atoms with van der Waals surface area (Å²) in [5.74, 6) is 0.947. The summed E-state index contributed by atoms with van der Waals surface area (Å²) in [5.41, 5.74) is 0. The fraction of sp³-hybridized carbons (Fsp3) is 1.00. The summed E-state index contributed by atoms with van der Waals surface area (Å²) in [6, 6.07) is 0. The fourth-order valence-electron chi connectivity index (χ4n) is 1.69. The van der Waals surface area contributed by atoms with Crippen LogP contribution < -0.4 is 0 Å². The van der Waals surface area contributed by atoms with Gasteiger partial charge in [0.25, 0.3) is 0 Å². The number of hydrogen-bond donors (Lipinski definition) is 0. The predicted octanol–water partition coefficient (Wildman–Crippen LogP) is 4.25. The molecule has 0 aromatic heterocycles. The van der Waals surface area contributed by atoms with E-state index in [4.69, 9.17) is 4.43 Å². The average Bonchev–Trinajstić information content (AvgIpc) is 2.16. The van der Waals surface area contributed by atoms with Crippen molar-refractivity contribution in [3.63, 3.8) is 0 Å². The standard InChI is InChI=1S/C12H27OSi/c1-5-7-9-12(6-2)10-8-11-13-14(3)4/h12H,5-11H2,1-4H3. The van der Waals surface area contributed by atoms with Crippen molar-refractivity contribution in [2.75, 3.05) is 6.61 Å². The molecule has 0 N–H and O–H groups in total. The molecule has 0 aromatic carbocycles. The minimum atomic E-state index is -0.456. The smallest absolute Gasteiger partial charge is 0.204 e. The average molecular weight is 215 g/mol. The molecule has 1 radical (unpaired) electrons. The molecule has 0 heterocycles. The van der Waals surface area contributed by atoms with Gasteiger partial charge in [0.1, 0.15) is 0 Å². The fourth-order valence-corrected chi connectivity index (χ4v) is 2.25. The molecule has 85 valence electrons. The van der Waals surface area contributed by atoms with Crippen molar-refractivity contribution in [2.24, 2.45) is 5.92 Å². The molecule has 0 fully saturated rings. The zero-order chi connectivity index (χ0) is 10.8. The second-order valence-electron chi connectivity index (χ2n) is 4.32. The summed E-state index contributed by atoms with van der Waals surface area (Å²) in [4.78, 5) is 0. The van der Waals surface area contributed by atoms with Crippen LogP contribution >= 0.6 is 0 Å². The van der Waals surface area contributed by atoms with Gasteiger partial charge in [0, 0.05) is 6.61 Å². The van der Waals surface area contributed by atoms with Crippen molar-refractivity contribution in [2.45, 2.75) is 65.5 Å². The maximum absolute atomic E-state index is 5.64. The Kier molecular flexibility index (Phi) is 9.84. The monoisotopic (exact) mass is 215 g/mol. The van der Waals surface area contributed by atoms with Crippen LogP contribution in [0, 0.1) is 5.92 Å². The number of hydrogen-bond acceptors (Lipinski definition) is 1. The van der Waals surface area contributed by atoms with Crippen molar-refractivity contribution in [1.82, 2.24) is 0 Å². The molecule has 0 rings (SSSR count). The van der Waals surface area contributed by atoms with E-state index in [0.29, 0.717) is 0 Å². The van der Waals surface area contributed by atoms with Crippen molar-refractivity contribution in [1.29, 1.82) is 0 Å². The van der Waals surface area contributed by atoms with Crippen LogP contribution in [0.3, 0.4) is 0 Å². The van der Waals surface area contributed by atoms with Crippen molar-refractivity contribution >= 4 is 9.04 Å². The Balaban J connectivity index is 3.33. The van der Waals surface area contributed by atoms with Crippen LogP contribution in [0.5, 0.6) is 0 Å². The highest BCUT2D eigenvalue weighted by atomic mass is 28.3. The van der Waals surface area contributed by atoms with Gasteiger partial charge >= 0.3 is 0 Å². The minimum absolute atomic E-state index is 0.456. The summed E-state index contributed by atoms with van der Waals surface area (Å²) >= 11 is 0. The van der Waals surface area contributed by atoms with Gasteiger partial charge in [0.15, 0.2) is 0 Å². The van der Waals surface area contributed by atoms with E-state index in [1.54, 1.807) is 0 Å². The third-order valence-corrected chi connectivity index (χ3v) is 3.47. The van der Waals surface area contributed by atoms with E-state index < -0.39 is 9.04 Å². The van der Waals surface area contributed by atoms with Crippen molar-refractivity contribution in [3.05, 3.63) is 0 Å². The van der Waals surface area contributed by atoms with Gasteiger partial charge in [-0.25, -0.2) is 0 Å². The highest BCUT2D eigenvalue weighted by Gasteiger charge is 2.05. The topological polar surface area (TPSA) is 9.23 Å². The molecule has 1 nitrogen and oxygen atoms in total. The first-order valence-corrected chi connectivity index (χ1v) is 8.54. The Labute approximate surface area is 92.0 Å². The van der Waals surface area contributed by atoms with Crippen molar-refractivity contribution in [3.8, 4) is 0 Å². The van der Waals surface area contributed by atoms with Gasteiger partial charge in [-0.15, -0.1) is 0 Å². The first-order valence-electron chi connectivity index (χ1n) is 6.13. The number of unbranched alkanes of at least 4 members (excludes halogenated alkanes) is 1. The van der Waals surface area contributed by atoms with E-state index in [1.165, 1.54) is 38.5 Å². The minimum Gasteiger partial charge on any atom is -0.417 e. The summed E-state index contributed by atoms with van der Waals surface area (Å²) in [7, 11) is -0.456. The summed E-state index contributed by atoms with van der Waals surface area (Å²) < 4.78 is 5.64. The third-order valence-electron chi connectivity index (χ3n) is 2.69. The molecular weight excluding hydrogens is 188 g/mol. The van der Waals surface area contributed by atoms with E-state index in [1.807, 2.05) is 0 Å². The SMILES string of the molecule is CCCCC(CC)CCCO[Si](C)C. The van der Waals surface area contributed by atoms with Crippen LogP contribution in [0.15, 0.2) is 0 Å². The van der Waals surface area contributed by atoms with Crippen LogP contribution in [0.25, 0.3) is 0 Å². The lowest BCUT2D eigenvalue weighted by Gasteiger charge is -2.14. The second-order valence-corrected chi connectivity index (χ2v) is 6.42. The largest absolute Gasteiger partial charge is 0.417 e. The number of rotatable bonds is 9. The Bertz CT molecular complexity index is 115. The van der Waals surface area contributed by atoms with Crippen LogP contribution in [0.2, 0.25) is 13.1 Å². The van der Waals surface area contributed by atoms with Gasteiger partial charge in [-0.3, -0.25) is 0 Å². The van der Waals surface area contributed by atoms with Gasteiger partial charge in [-0.1, -0.05) is 39.5 Å². The maximum Gasteiger partial charge on any atom is 0.204 e. The molecule has 0 aliphatic heterocycles. The van der Waals surface area contributed by atoms with E-state index in [9.17, 15) is 0 Å². The Morgan fingerprint density at radius 3 is 2.21 bits per heavy atom. The molecule has 0 aromatic rings. The molecular formula is C12H27OSi. The summed E-state index contributed by atoms with van der Waals surface area (Å²) in [6.45, 7) is 10.00. The lowest BCUT2D eigenvalue weighted by atomic mass is 9.95. The van der Waals surface area contributed by atoms with E-state index in [-0.39, 0.29) is 0 Å². The Morgan fingerprint density at radius 2 is 1.71 bits per heavy atom. The van der Waals surface area contributed by atoms with Crippen LogP contribution in [-0.4, -0.2) is 15.6 Å². The van der Waals surface area contributed by atoms with Crippen molar-refractivity contribution < 1.29 is 4.43 Å². The van der Waals surface area contributed by atoms with Gasteiger partial charge < -0.3 is 4.43 Å². The normalized spacial score (nSPS) is 13.5. The summed E-state index contributed by atoms with van der Waals surface area (Å²) in [5, 5.41) is 0. The Morgan fingerprint density at radius 1 is 1.07 bits per heavy atom. The van der Waals surface area contributed by atoms with Gasteiger partial charge in [0.2, 0.25) is 9.04 Å². The molecule has 0 saturated heterocycles. The molecule has 1 atom stereocenters.